The van der Waals surface area contributed by atoms with Crippen LogP contribution >= 0.6 is 0 Å². The van der Waals surface area contributed by atoms with E-state index in [0.29, 0.717) is 13.1 Å². The smallest absolute Gasteiger partial charge is 0.269 e. The van der Waals surface area contributed by atoms with Crippen LogP contribution in [0.3, 0.4) is 0 Å². The van der Waals surface area contributed by atoms with Crippen molar-refractivity contribution in [3.63, 3.8) is 0 Å². The first-order valence-corrected chi connectivity index (χ1v) is 7.84. The predicted octanol–water partition coefficient (Wildman–Crippen LogP) is 0.562. The molecule has 8 heteroatoms. The summed E-state index contributed by atoms with van der Waals surface area (Å²) in [5.74, 6) is 0.475. The topological polar surface area (TPSA) is 107 Å². The molecule has 1 aromatic rings. The molecule has 0 radical (unpaired) electrons. The molecular formula is C12H15N3O4S. The van der Waals surface area contributed by atoms with E-state index >= 15 is 0 Å². The number of nitrogens with two attached hydrogens (primary N) is 1. The van der Waals surface area contributed by atoms with Gasteiger partial charge in [-0.2, -0.15) is 4.31 Å². The molecule has 108 valence electrons. The Bertz CT molecular complexity index is 631. The molecule has 1 aliphatic carbocycles. The molecule has 0 spiro atoms. The number of nitrogens with zero attached hydrogens (tertiary/aromatic N) is 2. The van der Waals surface area contributed by atoms with E-state index in [1.165, 1.54) is 28.6 Å². The number of piperidine rings is 2. The Balaban J connectivity index is 1.83. The van der Waals surface area contributed by atoms with Crippen molar-refractivity contribution in [1.82, 2.24) is 4.31 Å². The van der Waals surface area contributed by atoms with Gasteiger partial charge in [0.05, 0.1) is 9.82 Å². The summed E-state index contributed by atoms with van der Waals surface area (Å²) in [7, 11) is -3.58. The van der Waals surface area contributed by atoms with Crippen LogP contribution < -0.4 is 5.73 Å². The molecule has 2 saturated heterocycles. The summed E-state index contributed by atoms with van der Waals surface area (Å²) in [5, 5.41) is 10.6. The minimum absolute atomic E-state index is 0.0953. The van der Waals surface area contributed by atoms with Gasteiger partial charge in [-0.3, -0.25) is 10.1 Å². The summed E-state index contributed by atoms with van der Waals surface area (Å²) in [6.07, 6.45) is 0.994. The standard InChI is InChI=1S/C12H15N3O4S/c13-12-8-5-9(12)7-14(6-8)20(18,19)11-3-1-10(2-4-11)15(16)17/h1-4,8-9,12H,5-7,13H2. The molecule has 2 heterocycles. The van der Waals surface area contributed by atoms with Crippen LogP contribution in [-0.2, 0) is 10.0 Å². The van der Waals surface area contributed by atoms with Gasteiger partial charge in [0.2, 0.25) is 10.0 Å². The first-order valence-electron chi connectivity index (χ1n) is 6.40. The van der Waals surface area contributed by atoms with Gasteiger partial charge in [-0.25, -0.2) is 8.42 Å². The zero-order chi connectivity index (χ0) is 14.5. The van der Waals surface area contributed by atoms with Crippen LogP contribution in [0.1, 0.15) is 6.42 Å². The van der Waals surface area contributed by atoms with Crippen molar-refractivity contribution in [2.75, 3.05) is 13.1 Å². The highest BCUT2D eigenvalue weighted by atomic mass is 32.2. The van der Waals surface area contributed by atoms with Gasteiger partial charge in [0, 0.05) is 31.3 Å². The number of nitro groups is 1. The Hall–Kier alpha value is -1.51. The summed E-state index contributed by atoms with van der Waals surface area (Å²) >= 11 is 0. The van der Waals surface area contributed by atoms with Crippen molar-refractivity contribution >= 4 is 15.7 Å². The van der Waals surface area contributed by atoms with Crippen molar-refractivity contribution in [3.8, 4) is 0 Å². The van der Waals surface area contributed by atoms with Crippen LogP contribution in [0.15, 0.2) is 29.2 Å². The molecule has 2 N–H and O–H groups in total. The zero-order valence-electron chi connectivity index (χ0n) is 10.7. The lowest BCUT2D eigenvalue weighted by Crippen LogP contribution is -2.62. The van der Waals surface area contributed by atoms with Crippen LogP contribution in [0.25, 0.3) is 0 Å². The largest absolute Gasteiger partial charge is 0.327 e. The number of rotatable bonds is 3. The lowest BCUT2D eigenvalue weighted by molar-refractivity contribution is -0.384. The van der Waals surface area contributed by atoms with Crippen LogP contribution in [0.5, 0.6) is 0 Å². The predicted molar refractivity (Wildman–Crippen MR) is 71.4 cm³/mol. The molecule has 1 saturated carbocycles. The van der Waals surface area contributed by atoms with Crippen molar-refractivity contribution in [3.05, 3.63) is 34.4 Å². The van der Waals surface area contributed by atoms with E-state index in [-0.39, 0.29) is 28.5 Å². The number of nitro benzene ring substituents is 1. The fraction of sp³-hybridized carbons (Fsp3) is 0.500. The fourth-order valence-corrected chi connectivity index (χ4v) is 4.52. The Labute approximate surface area is 116 Å². The van der Waals surface area contributed by atoms with Crippen molar-refractivity contribution in [1.29, 1.82) is 0 Å². The molecule has 3 fully saturated rings. The maximum atomic E-state index is 12.5. The summed E-state index contributed by atoms with van der Waals surface area (Å²) in [6, 6.07) is 5.10. The molecule has 2 aliphatic heterocycles. The van der Waals surface area contributed by atoms with E-state index < -0.39 is 14.9 Å². The van der Waals surface area contributed by atoms with Crippen molar-refractivity contribution in [2.24, 2.45) is 17.6 Å². The quantitative estimate of drug-likeness (QED) is 0.648. The molecule has 2 unspecified atom stereocenters. The summed E-state index contributed by atoms with van der Waals surface area (Å²) in [6.45, 7) is 0.883. The number of sulfonamides is 1. The Morgan fingerprint density at radius 2 is 1.75 bits per heavy atom. The third kappa shape index (κ3) is 2.00. The highest BCUT2D eigenvalue weighted by Crippen LogP contribution is 2.40. The third-order valence-electron chi connectivity index (χ3n) is 4.26. The van der Waals surface area contributed by atoms with Crippen LogP contribution in [0, 0.1) is 22.0 Å². The number of hydrogen-bond donors (Lipinski definition) is 1. The normalized spacial score (nSPS) is 29.8. The highest BCUT2D eigenvalue weighted by molar-refractivity contribution is 7.89. The van der Waals surface area contributed by atoms with Crippen molar-refractivity contribution < 1.29 is 13.3 Å². The number of benzene rings is 1. The van der Waals surface area contributed by atoms with Gasteiger partial charge in [0.15, 0.2) is 0 Å². The highest BCUT2D eigenvalue weighted by Gasteiger charge is 2.47. The van der Waals surface area contributed by atoms with E-state index in [1.807, 2.05) is 0 Å². The average Bonchev–Trinajstić information content (AvgIpc) is 2.46. The maximum Gasteiger partial charge on any atom is 0.269 e. The second-order valence-corrected chi connectivity index (χ2v) is 7.34. The molecule has 0 amide bonds. The first-order chi connectivity index (χ1) is 9.39. The molecule has 3 aliphatic rings. The van der Waals surface area contributed by atoms with E-state index in [0.717, 1.165) is 6.42 Å². The molecule has 7 nitrogen and oxygen atoms in total. The third-order valence-corrected chi connectivity index (χ3v) is 6.10. The van der Waals surface area contributed by atoms with Crippen molar-refractivity contribution in [2.45, 2.75) is 17.4 Å². The van der Waals surface area contributed by atoms with Crippen LogP contribution in [-0.4, -0.2) is 36.8 Å². The first kappa shape index (κ1) is 13.5. The van der Waals surface area contributed by atoms with Gasteiger partial charge in [-0.15, -0.1) is 0 Å². The van der Waals surface area contributed by atoms with Gasteiger partial charge < -0.3 is 5.73 Å². The van der Waals surface area contributed by atoms with E-state index in [9.17, 15) is 18.5 Å². The Morgan fingerprint density at radius 3 is 2.20 bits per heavy atom. The number of hydrogen-bond acceptors (Lipinski definition) is 5. The van der Waals surface area contributed by atoms with E-state index in [4.69, 9.17) is 5.73 Å². The second-order valence-electron chi connectivity index (χ2n) is 5.41. The van der Waals surface area contributed by atoms with Gasteiger partial charge in [-0.1, -0.05) is 0 Å². The van der Waals surface area contributed by atoms with Gasteiger partial charge in [-0.05, 0) is 30.4 Å². The zero-order valence-corrected chi connectivity index (χ0v) is 11.5. The molecule has 20 heavy (non-hydrogen) atoms. The van der Waals surface area contributed by atoms with Crippen LogP contribution in [0.4, 0.5) is 5.69 Å². The molecular weight excluding hydrogens is 282 g/mol. The summed E-state index contributed by atoms with van der Waals surface area (Å²) < 4.78 is 26.4. The second kappa shape index (κ2) is 4.51. The van der Waals surface area contributed by atoms with Gasteiger partial charge >= 0.3 is 0 Å². The lowest BCUT2D eigenvalue weighted by atomic mass is 9.67. The fourth-order valence-electron chi connectivity index (χ4n) is 2.97. The summed E-state index contributed by atoms with van der Waals surface area (Å²) in [4.78, 5) is 10.1. The molecule has 2 bridgehead atoms. The average molecular weight is 297 g/mol. The van der Waals surface area contributed by atoms with E-state index in [2.05, 4.69) is 0 Å². The Kier molecular flexibility index (Phi) is 3.03. The summed E-state index contributed by atoms with van der Waals surface area (Å²) in [5.41, 5.74) is 5.81. The van der Waals surface area contributed by atoms with E-state index in [1.54, 1.807) is 0 Å². The minimum atomic E-state index is -3.58. The SMILES string of the molecule is NC1C2CC1CN(S(=O)(=O)c1ccc([N+](=O)[O-])cc1)C2. The van der Waals surface area contributed by atoms with Gasteiger partial charge in [0.25, 0.3) is 5.69 Å². The number of fused-ring (bicyclic) bond motifs is 2. The molecule has 2 atom stereocenters. The Morgan fingerprint density at radius 1 is 1.20 bits per heavy atom. The number of non-ortho nitro benzene ring substituents is 1. The van der Waals surface area contributed by atoms with Crippen LogP contribution in [0.2, 0.25) is 0 Å². The molecule has 4 rings (SSSR count). The monoisotopic (exact) mass is 297 g/mol. The molecule has 1 aromatic carbocycles. The minimum Gasteiger partial charge on any atom is -0.327 e. The van der Waals surface area contributed by atoms with Gasteiger partial charge in [0.1, 0.15) is 0 Å². The molecule has 0 aromatic heterocycles. The maximum absolute atomic E-state index is 12.5. The lowest BCUT2D eigenvalue weighted by Gasteiger charge is -2.51.